The summed E-state index contributed by atoms with van der Waals surface area (Å²) in [6.07, 6.45) is 2.08. The molecule has 27 heavy (non-hydrogen) atoms. The average molecular weight is 346 g/mol. The summed E-state index contributed by atoms with van der Waals surface area (Å²) in [5.41, 5.74) is 6.98. The van der Waals surface area contributed by atoms with Crippen LogP contribution < -0.4 is 0 Å². The second-order valence-electron chi connectivity index (χ2n) is 7.00. The van der Waals surface area contributed by atoms with Gasteiger partial charge in [0.1, 0.15) is 0 Å². The molecule has 0 heterocycles. The Bertz CT molecular complexity index is 1240. The number of hydrogen-bond donors (Lipinski definition) is 0. The summed E-state index contributed by atoms with van der Waals surface area (Å²) in [5, 5.41) is 2.36. The number of ketones is 1. The Morgan fingerprint density at radius 1 is 0.630 bits per heavy atom. The Balaban J connectivity index is 1.82. The molecule has 1 aliphatic rings. The molecule has 1 heteroatoms. The molecule has 0 unspecified atom stereocenters. The summed E-state index contributed by atoms with van der Waals surface area (Å²) in [7, 11) is 0. The molecule has 0 atom stereocenters. The van der Waals surface area contributed by atoms with E-state index in [1.165, 1.54) is 16.3 Å². The van der Waals surface area contributed by atoms with Crippen molar-refractivity contribution in [3.63, 3.8) is 0 Å². The van der Waals surface area contributed by atoms with Crippen molar-refractivity contribution in [1.29, 1.82) is 0 Å². The highest BCUT2D eigenvalue weighted by Crippen LogP contribution is 2.40. The minimum absolute atomic E-state index is 0.0941. The maximum absolute atomic E-state index is 13.4. The second kappa shape index (κ2) is 6.07. The first-order valence-corrected chi connectivity index (χ1v) is 9.17. The van der Waals surface area contributed by atoms with Crippen LogP contribution in [0.4, 0.5) is 0 Å². The van der Waals surface area contributed by atoms with Gasteiger partial charge in [0.2, 0.25) is 0 Å². The topological polar surface area (TPSA) is 17.1 Å². The molecule has 0 aliphatic heterocycles. The molecule has 5 rings (SSSR count). The van der Waals surface area contributed by atoms with E-state index in [0.717, 1.165) is 33.4 Å². The van der Waals surface area contributed by atoms with Gasteiger partial charge in [-0.1, -0.05) is 84.9 Å². The number of carbonyl (C=O) groups excluding carboxylic acids is 1. The van der Waals surface area contributed by atoms with Crippen LogP contribution >= 0.6 is 0 Å². The van der Waals surface area contributed by atoms with Gasteiger partial charge in [0.15, 0.2) is 5.78 Å². The highest BCUT2D eigenvalue weighted by molar-refractivity contribution is 6.37. The number of aryl methyl sites for hydroxylation is 1. The van der Waals surface area contributed by atoms with E-state index in [0.29, 0.717) is 0 Å². The molecule has 1 aliphatic carbocycles. The number of Topliss-reactive ketones (excluding diaryl/α,β-unsaturated/α-hetero) is 1. The highest BCUT2D eigenvalue weighted by Gasteiger charge is 2.26. The largest absolute Gasteiger partial charge is 0.289 e. The molecule has 0 saturated carbocycles. The van der Waals surface area contributed by atoms with Crippen molar-refractivity contribution < 1.29 is 4.79 Å². The van der Waals surface area contributed by atoms with Crippen LogP contribution in [-0.2, 0) is 0 Å². The minimum Gasteiger partial charge on any atom is -0.289 e. The molecule has 128 valence electrons. The van der Waals surface area contributed by atoms with Crippen molar-refractivity contribution in [2.24, 2.45) is 0 Å². The van der Waals surface area contributed by atoms with Gasteiger partial charge in [-0.05, 0) is 51.6 Å². The molecule has 0 aromatic heterocycles. The summed E-state index contributed by atoms with van der Waals surface area (Å²) < 4.78 is 0. The fraction of sp³-hybridized carbons (Fsp3) is 0.0385. The Morgan fingerprint density at radius 3 is 2.00 bits per heavy atom. The molecule has 1 nitrogen and oxygen atoms in total. The normalized spacial score (nSPS) is 14.3. The lowest BCUT2D eigenvalue weighted by Crippen LogP contribution is -2.11. The Morgan fingerprint density at radius 2 is 1.22 bits per heavy atom. The zero-order valence-electron chi connectivity index (χ0n) is 15.1. The molecule has 0 spiro atoms. The van der Waals surface area contributed by atoms with Crippen LogP contribution in [0, 0.1) is 6.92 Å². The first kappa shape index (κ1) is 15.8. The molecule has 0 amide bonds. The number of benzene rings is 4. The maximum Gasteiger partial charge on any atom is 0.194 e. The summed E-state index contributed by atoms with van der Waals surface area (Å²) in [4.78, 5) is 13.4. The number of allylic oxidation sites excluding steroid dienone is 1. The van der Waals surface area contributed by atoms with E-state index >= 15 is 0 Å². The van der Waals surface area contributed by atoms with Crippen LogP contribution in [0.3, 0.4) is 0 Å². The van der Waals surface area contributed by atoms with Crippen LogP contribution in [0.25, 0.3) is 33.5 Å². The Labute approximate surface area is 158 Å². The van der Waals surface area contributed by atoms with Crippen molar-refractivity contribution in [3.8, 4) is 11.1 Å². The SMILES string of the molecule is Cc1ccc2ccccc2c1/C=C1\C(=O)c2ccccc2-c2ccccc21. The Hall–Kier alpha value is -3.45. The lowest BCUT2D eigenvalue weighted by atomic mass is 9.80. The van der Waals surface area contributed by atoms with E-state index in [2.05, 4.69) is 55.5 Å². The lowest BCUT2D eigenvalue weighted by Gasteiger charge is -2.21. The van der Waals surface area contributed by atoms with Crippen molar-refractivity contribution >= 4 is 28.2 Å². The number of fused-ring (bicyclic) bond motifs is 4. The van der Waals surface area contributed by atoms with Gasteiger partial charge < -0.3 is 0 Å². The van der Waals surface area contributed by atoms with Crippen LogP contribution in [0.1, 0.15) is 27.0 Å². The lowest BCUT2D eigenvalue weighted by molar-refractivity contribution is 0.105. The standard InChI is InChI=1S/C26H18O/c1-17-14-15-18-8-2-3-9-19(18)24(17)16-25-22-12-5-4-10-20(22)21-11-6-7-13-23(21)26(25)27/h2-16H,1H3/b25-16-. The van der Waals surface area contributed by atoms with Gasteiger partial charge in [0, 0.05) is 11.1 Å². The first-order valence-electron chi connectivity index (χ1n) is 9.17. The van der Waals surface area contributed by atoms with E-state index in [9.17, 15) is 4.79 Å². The molecule has 0 fully saturated rings. The molecule has 0 saturated heterocycles. The second-order valence-corrected chi connectivity index (χ2v) is 7.00. The van der Waals surface area contributed by atoms with Gasteiger partial charge in [-0.3, -0.25) is 4.79 Å². The van der Waals surface area contributed by atoms with Gasteiger partial charge in [-0.15, -0.1) is 0 Å². The van der Waals surface area contributed by atoms with Crippen molar-refractivity contribution in [1.82, 2.24) is 0 Å². The van der Waals surface area contributed by atoms with Crippen LogP contribution in [0.2, 0.25) is 0 Å². The first-order chi connectivity index (χ1) is 13.2. The molecule has 4 aromatic rings. The van der Waals surface area contributed by atoms with E-state index in [1.807, 2.05) is 42.5 Å². The van der Waals surface area contributed by atoms with Gasteiger partial charge in [-0.2, -0.15) is 0 Å². The van der Waals surface area contributed by atoms with Crippen molar-refractivity contribution in [2.75, 3.05) is 0 Å². The van der Waals surface area contributed by atoms with Gasteiger partial charge in [-0.25, -0.2) is 0 Å². The van der Waals surface area contributed by atoms with Crippen molar-refractivity contribution in [3.05, 3.63) is 107 Å². The predicted octanol–water partition coefficient (Wildman–Crippen LogP) is 6.55. The number of rotatable bonds is 1. The van der Waals surface area contributed by atoms with Gasteiger partial charge in [0.25, 0.3) is 0 Å². The molecule has 0 N–H and O–H groups in total. The molecular weight excluding hydrogens is 328 g/mol. The van der Waals surface area contributed by atoms with Gasteiger partial charge >= 0.3 is 0 Å². The average Bonchev–Trinajstić information content (AvgIpc) is 2.72. The number of carbonyl (C=O) groups is 1. The van der Waals surface area contributed by atoms with Gasteiger partial charge in [0.05, 0.1) is 0 Å². The molecular formula is C26H18O. The summed E-state index contributed by atoms with van der Waals surface area (Å²) in [6.45, 7) is 2.10. The van der Waals surface area contributed by atoms with E-state index in [1.54, 1.807) is 0 Å². The fourth-order valence-corrected chi connectivity index (χ4v) is 4.02. The molecule has 4 aromatic carbocycles. The predicted molar refractivity (Wildman–Crippen MR) is 113 cm³/mol. The van der Waals surface area contributed by atoms with E-state index in [4.69, 9.17) is 0 Å². The third-order valence-electron chi connectivity index (χ3n) is 5.40. The third-order valence-corrected chi connectivity index (χ3v) is 5.40. The third kappa shape index (κ3) is 2.43. The van der Waals surface area contributed by atoms with E-state index in [-0.39, 0.29) is 5.78 Å². The monoisotopic (exact) mass is 346 g/mol. The highest BCUT2D eigenvalue weighted by atomic mass is 16.1. The maximum atomic E-state index is 13.4. The molecule has 0 radical (unpaired) electrons. The van der Waals surface area contributed by atoms with Crippen LogP contribution in [0.15, 0.2) is 84.9 Å². The zero-order chi connectivity index (χ0) is 18.4. The zero-order valence-corrected chi connectivity index (χ0v) is 15.1. The fourth-order valence-electron chi connectivity index (χ4n) is 4.02. The van der Waals surface area contributed by atoms with Crippen LogP contribution in [0.5, 0.6) is 0 Å². The Kier molecular flexibility index (Phi) is 3.54. The van der Waals surface area contributed by atoms with Crippen LogP contribution in [-0.4, -0.2) is 5.78 Å². The number of hydrogen-bond acceptors (Lipinski definition) is 1. The summed E-state index contributed by atoms with van der Waals surface area (Å²) in [5.74, 6) is 0.0941. The van der Waals surface area contributed by atoms with E-state index < -0.39 is 0 Å². The van der Waals surface area contributed by atoms with Crippen molar-refractivity contribution in [2.45, 2.75) is 6.92 Å². The smallest absolute Gasteiger partial charge is 0.194 e. The minimum atomic E-state index is 0.0941. The summed E-state index contributed by atoms with van der Waals surface area (Å²) >= 11 is 0. The quantitative estimate of drug-likeness (QED) is 0.357. The molecule has 0 bridgehead atoms. The summed E-state index contributed by atoms with van der Waals surface area (Å²) in [6, 6.07) is 28.7.